The van der Waals surface area contributed by atoms with Crippen molar-refractivity contribution in [3.05, 3.63) is 47.7 Å². The summed E-state index contributed by atoms with van der Waals surface area (Å²) in [6, 6.07) is 13.1. The molecule has 1 fully saturated rings. The highest BCUT2D eigenvalue weighted by Crippen LogP contribution is 2.49. The maximum absolute atomic E-state index is 5.75. The lowest BCUT2D eigenvalue weighted by atomic mass is 9.68. The van der Waals surface area contributed by atoms with Crippen LogP contribution in [0.3, 0.4) is 0 Å². The molecule has 0 saturated heterocycles. The summed E-state index contributed by atoms with van der Waals surface area (Å²) < 4.78 is 11.4. The van der Waals surface area contributed by atoms with Gasteiger partial charge in [-0.05, 0) is 37.2 Å². The van der Waals surface area contributed by atoms with Gasteiger partial charge < -0.3 is 9.47 Å². The van der Waals surface area contributed by atoms with Gasteiger partial charge in [0.05, 0.1) is 18.9 Å². The van der Waals surface area contributed by atoms with E-state index in [0.717, 1.165) is 25.0 Å². The second kappa shape index (κ2) is 8.13. The van der Waals surface area contributed by atoms with Crippen LogP contribution >= 0.6 is 0 Å². The predicted octanol–water partition coefficient (Wildman–Crippen LogP) is 4.72. The Balaban J connectivity index is 1.82. The Bertz CT molecular complexity index is 619. The van der Waals surface area contributed by atoms with E-state index < -0.39 is 0 Å². The minimum Gasteiger partial charge on any atom is -0.478 e. The van der Waals surface area contributed by atoms with Gasteiger partial charge in [-0.2, -0.15) is 9.97 Å². The van der Waals surface area contributed by atoms with Crippen molar-refractivity contribution in [1.29, 1.82) is 0 Å². The number of hydrogen-bond donors (Lipinski definition) is 0. The topological polar surface area (TPSA) is 44.2 Å². The van der Waals surface area contributed by atoms with Gasteiger partial charge in [-0.1, -0.05) is 44.2 Å². The van der Waals surface area contributed by atoms with Crippen LogP contribution < -0.4 is 9.47 Å². The molecule has 1 saturated carbocycles. The van der Waals surface area contributed by atoms with E-state index in [1.165, 1.54) is 12.0 Å². The van der Waals surface area contributed by atoms with Gasteiger partial charge in [0, 0.05) is 12.0 Å². The summed E-state index contributed by atoms with van der Waals surface area (Å²) >= 11 is 0. The third-order valence-corrected chi connectivity index (χ3v) is 4.47. The first-order chi connectivity index (χ1) is 11.8. The van der Waals surface area contributed by atoms with Gasteiger partial charge in [-0.15, -0.1) is 0 Å². The summed E-state index contributed by atoms with van der Waals surface area (Å²) in [6.07, 6.45) is 4.25. The van der Waals surface area contributed by atoms with Gasteiger partial charge >= 0.3 is 6.01 Å². The van der Waals surface area contributed by atoms with Crippen LogP contribution in [0.15, 0.2) is 36.4 Å². The normalized spacial score (nSPS) is 19.6. The molecule has 1 aliphatic rings. The maximum atomic E-state index is 5.75. The molecule has 0 aliphatic heterocycles. The standard InChI is InChI=1S/C20H26N2O2/c1-3-12-23-19-14-18(21-20(22-19)24-13-4-2)17-11-10-16(17)15-8-6-5-7-9-15/h5-9,14,16-17H,3-4,10-13H2,1-2H3. The second-order valence-electron chi connectivity index (χ2n) is 6.31. The molecule has 0 amide bonds. The molecule has 0 bridgehead atoms. The Morgan fingerprint density at radius 3 is 2.29 bits per heavy atom. The smallest absolute Gasteiger partial charge is 0.319 e. The predicted molar refractivity (Wildman–Crippen MR) is 94.8 cm³/mol. The van der Waals surface area contributed by atoms with Gasteiger partial charge in [-0.3, -0.25) is 0 Å². The van der Waals surface area contributed by atoms with Crippen LogP contribution in [0.4, 0.5) is 0 Å². The Kier molecular flexibility index (Phi) is 5.68. The van der Waals surface area contributed by atoms with Crippen LogP contribution in [0.5, 0.6) is 11.9 Å². The van der Waals surface area contributed by atoms with Crippen LogP contribution in [0.2, 0.25) is 0 Å². The fourth-order valence-corrected chi connectivity index (χ4v) is 3.10. The monoisotopic (exact) mass is 326 g/mol. The van der Waals surface area contributed by atoms with Gasteiger partial charge in [0.1, 0.15) is 0 Å². The van der Waals surface area contributed by atoms with Gasteiger partial charge in [-0.25, -0.2) is 0 Å². The lowest BCUT2D eigenvalue weighted by Crippen LogP contribution is -2.23. The molecule has 128 valence electrons. The van der Waals surface area contributed by atoms with Crippen molar-refractivity contribution in [2.75, 3.05) is 13.2 Å². The van der Waals surface area contributed by atoms with Crippen LogP contribution in [-0.4, -0.2) is 23.2 Å². The zero-order chi connectivity index (χ0) is 16.8. The molecule has 1 aliphatic carbocycles. The largest absolute Gasteiger partial charge is 0.478 e. The van der Waals surface area contributed by atoms with E-state index in [1.807, 2.05) is 6.07 Å². The van der Waals surface area contributed by atoms with Crippen LogP contribution in [0.25, 0.3) is 0 Å². The molecule has 1 aromatic carbocycles. The number of rotatable bonds is 8. The molecule has 2 aromatic rings. The molecule has 24 heavy (non-hydrogen) atoms. The van der Waals surface area contributed by atoms with E-state index >= 15 is 0 Å². The number of hydrogen-bond acceptors (Lipinski definition) is 4. The number of nitrogens with zero attached hydrogens (tertiary/aromatic N) is 2. The third kappa shape index (κ3) is 3.86. The molecule has 1 heterocycles. The van der Waals surface area contributed by atoms with Crippen molar-refractivity contribution in [3.63, 3.8) is 0 Å². The van der Waals surface area contributed by atoms with E-state index in [0.29, 0.717) is 36.9 Å². The minimum atomic E-state index is 0.420. The number of ether oxygens (including phenoxy) is 2. The molecular weight excluding hydrogens is 300 g/mol. The molecule has 0 N–H and O–H groups in total. The Hall–Kier alpha value is -2.10. The molecule has 2 unspecified atom stereocenters. The molecule has 3 rings (SSSR count). The first-order valence-electron chi connectivity index (χ1n) is 9.01. The highest BCUT2D eigenvalue weighted by atomic mass is 16.5. The van der Waals surface area contributed by atoms with E-state index in [1.54, 1.807) is 0 Å². The highest BCUT2D eigenvalue weighted by Gasteiger charge is 2.35. The summed E-state index contributed by atoms with van der Waals surface area (Å²) in [5.74, 6) is 1.58. The number of aromatic nitrogens is 2. The quantitative estimate of drug-likeness (QED) is 0.704. The fourth-order valence-electron chi connectivity index (χ4n) is 3.10. The van der Waals surface area contributed by atoms with E-state index in [4.69, 9.17) is 9.47 Å². The first-order valence-corrected chi connectivity index (χ1v) is 9.01. The maximum Gasteiger partial charge on any atom is 0.319 e. The van der Waals surface area contributed by atoms with Gasteiger partial charge in [0.25, 0.3) is 0 Å². The van der Waals surface area contributed by atoms with Crippen LogP contribution in [0.1, 0.15) is 62.6 Å². The third-order valence-electron chi connectivity index (χ3n) is 4.47. The van der Waals surface area contributed by atoms with E-state index in [9.17, 15) is 0 Å². The molecule has 0 spiro atoms. The lowest BCUT2D eigenvalue weighted by Gasteiger charge is -2.36. The van der Waals surface area contributed by atoms with Crippen molar-refractivity contribution in [3.8, 4) is 11.9 Å². The Morgan fingerprint density at radius 2 is 1.62 bits per heavy atom. The Morgan fingerprint density at radius 1 is 0.917 bits per heavy atom. The molecule has 4 heteroatoms. The second-order valence-corrected chi connectivity index (χ2v) is 6.31. The summed E-state index contributed by atoms with van der Waals surface area (Å²) in [7, 11) is 0. The SMILES string of the molecule is CCCOc1cc(C2CCC2c2ccccc2)nc(OCCC)n1. The molecule has 2 atom stereocenters. The fraction of sp³-hybridized carbons (Fsp3) is 0.500. The minimum absolute atomic E-state index is 0.420. The van der Waals surface area contributed by atoms with Crippen LogP contribution in [-0.2, 0) is 0 Å². The van der Waals surface area contributed by atoms with Crippen LogP contribution in [0, 0.1) is 0 Å². The zero-order valence-corrected chi connectivity index (χ0v) is 14.6. The average Bonchev–Trinajstić information content (AvgIpc) is 2.58. The molecule has 4 nitrogen and oxygen atoms in total. The van der Waals surface area contributed by atoms with Gasteiger partial charge in [0.15, 0.2) is 0 Å². The Labute approximate surface area is 144 Å². The van der Waals surface area contributed by atoms with Crippen molar-refractivity contribution >= 4 is 0 Å². The number of benzene rings is 1. The summed E-state index contributed by atoms with van der Waals surface area (Å²) in [5, 5.41) is 0. The van der Waals surface area contributed by atoms with Crippen molar-refractivity contribution in [2.45, 2.75) is 51.4 Å². The van der Waals surface area contributed by atoms with E-state index in [-0.39, 0.29) is 0 Å². The highest BCUT2D eigenvalue weighted by molar-refractivity contribution is 5.31. The molecular formula is C20H26N2O2. The molecule has 0 radical (unpaired) electrons. The van der Waals surface area contributed by atoms with Gasteiger partial charge in [0.2, 0.25) is 5.88 Å². The summed E-state index contributed by atoms with van der Waals surface area (Å²) in [5.41, 5.74) is 2.43. The van der Waals surface area contributed by atoms with Crippen molar-refractivity contribution in [2.24, 2.45) is 0 Å². The average molecular weight is 326 g/mol. The molecule has 1 aromatic heterocycles. The van der Waals surface area contributed by atoms with Crippen molar-refractivity contribution in [1.82, 2.24) is 9.97 Å². The lowest BCUT2D eigenvalue weighted by molar-refractivity contribution is 0.263. The van der Waals surface area contributed by atoms with E-state index in [2.05, 4.69) is 54.1 Å². The summed E-state index contributed by atoms with van der Waals surface area (Å²) in [4.78, 5) is 9.05. The zero-order valence-electron chi connectivity index (χ0n) is 14.6. The first kappa shape index (κ1) is 16.7. The van der Waals surface area contributed by atoms with Crippen molar-refractivity contribution < 1.29 is 9.47 Å². The summed E-state index contributed by atoms with van der Waals surface area (Å²) in [6.45, 7) is 5.46.